The molecule has 2 heterocycles. The van der Waals surface area contributed by atoms with Gasteiger partial charge >= 0.3 is 6.03 Å². The Kier molecular flexibility index (Phi) is 4.64. The van der Waals surface area contributed by atoms with E-state index in [0.29, 0.717) is 18.4 Å². The molecule has 1 aliphatic carbocycles. The van der Waals surface area contributed by atoms with Gasteiger partial charge in [-0.1, -0.05) is 13.3 Å². The standard InChI is InChI=1S/C16H24N6O/c1-12(11-22-8-4-7-18-22)10-17-16(23)19-15-9-14(20-21(15)2)13-5-3-6-13/h4,7-9,12-13H,3,5-6,10-11H2,1-2H3,(H2,17,19,23). The summed E-state index contributed by atoms with van der Waals surface area (Å²) in [5.41, 5.74) is 1.08. The average molecular weight is 316 g/mol. The molecule has 2 aromatic rings. The van der Waals surface area contributed by atoms with Crippen LogP contribution >= 0.6 is 0 Å². The molecule has 0 spiro atoms. The fourth-order valence-electron chi connectivity index (χ4n) is 2.73. The van der Waals surface area contributed by atoms with Crippen LogP contribution in [0.2, 0.25) is 0 Å². The molecule has 2 N–H and O–H groups in total. The van der Waals surface area contributed by atoms with Crippen LogP contribution in [0.15, 0.2) is 24.5 Å². The largest absolute Gasteiger partial charge is 0.337 e. The number of carbonyl (C=O) groups excluding carboxylic acids is 1. The van der Waals surface area contributed by atoms with E-state index in [-0.39, 0.29) is 6.03 Å². The number of rotatable bonds is 6. The summed E-state index contributed by atoms with van der Waals surface area (Å²) in [5.74, 6) is 1.61. The summed E-state index contributed by atoms with van der Waals surface area (Å²) < 4.78 is 3.61. The van der Waals surface area contributed by atoms with E-state index in [9.17, 15) is 4.79 Å². The maximum atomic E-state index is 12.0. The van der Waals surface area contributed by atoms with E-state index >= 15 is 0 Å². The molecule has 1 unspecified atom stereocenters. The number of amides is 2. The van der Waals surface area contributed by atoms with Crippen LogP contribution in [-0.4, -0.2) is 32.1 Å². The van der Waals surface area contributed by atoms with Crippen molar-refractivity contribution in [1.29, 1.82) is 0 Å². The molecule has 7 heteroatoms. The molecule has 1 fully saturated rings. The molecule has 7 nitrogen and oxygen atoms in total. The topological polar surface area (TPSA) is 76.8 Å². The summed E-state index contributed by atoms with van der Waals surface area (Å²) in [6, 6.07) is 3.69. The normalized spacial score (nSPS) is 15.9. The second kappa shape index (κ2) is 6.85. The molecule has 0 aromatic carbocycles. The average Bonchev–Trinajstić information content (AvgIpc) is 3.06. The molecule has 3 rings (SSSR count). The number of nitrogens with one attached hydrogen (secondary N) is 2. The molecule has 2 aromatic heterocycles. The number of hydrogen-bond acceptors (Lipinski definition) is 3. The quantitative estimate of drug-likeness (QED) is 0.859. The second-order valence-corrected chi connectivity index (χ2v) is 6.37. The van der Waals surface area contributed by atoms with Gasteiger partial charge in [-0.25, -0.2) is 4.79 Å². The van der Waals surface area contributed by atoms with Gasteiger partial charge in [0.05, 0.1) is 5.69 Å². The second-order valence-electron chi connectivity index (χ2n) is 6.37. The SMILES string of the molecule is CC(CNC(=O)Nc1cc(C2CCC2)nn1C)Cn1cccn1. The third-order valence-electron chi connectivity index (χ3n) is 4.33. The lowest BCUT2D eigenvalue weighted by molar-refractivity contribution is 0.249. The molecular formula is C16H24N6O. The minimum absolute atomic E-state index is 0.194. The number of aromatic nitrogens is 4. The van der Waals surface area contributed by atoms with E-state index in [0.717, 1.165) is 18.1 Å². The molecule has 0 saturated heterocycles. The molecule has 1 atom stereocenters. The predicted molar refractivity (Wildman–Crippen MR) is 88.2 cm³/mol. The maximum absolute atomic E-state index is 12.0. The van der Waals surface area contributed by atoms with Crippen molar-refractivity contribution in [2.24, 2.45) is 13.0 Å². The molecule has 0 bridgehead atoms. The number of nitrogens with zero attached hydrogens (tertiary/aromatic N) is 4. The van der Waals surface area contributed by atoms with E-state index in [1.54, 1.807) is 10.9 Å². The van der Waals surface area contributed by atoms with Crippen molar-refractivity contribution in [3.8, 4) is 0 Å². The summed E-state index contributed by atoms with van der Waals surface area (Å²) in [7, 11) is 1.86. The summed E-state index contributed by atoms with van der Waals surface area (Å²) in [6.45, 7) is 3.46. The summed E-state index contributed by atoms with van der Waals surface area (Å²) in [4.78, 5) is 12.0. The lowest BCUT2D eigenvalue weighted by Crippen LogP contribution is -2.34. The van der Waals surface area contributed by atoms with Crippen LogP contribution in [-0.2, 0) is 13.6 Å². The van der Waals surface area contributed by atoms with Crippen molar-refractivity contribution >= 4 is 11.8 Å². The van der Waals surface area contributed by atoms with Gasteiger partial charge in [-0.2, -0.15) is 10.2 Å². The van der Waals surface area contributed by atoms with Gasteiger partial charge in [0.1, 0.15) is 5.82 Å². The molecule has 2 amide bonds. The highest BCUT2D eigenvalue weighted by atomic mass is 16.2. The van der Waals surface area contributed by atoms with Crippen LogP contribution in [0.4, 0.5) is 10.6 Å². The monoisotopic (exact) mass is 316 g/mol. The van der Waals surface area contributed by atoms with Crippen molar-refractivity contribution in [3.05, 3.63) is 30.2 Å². The highest BCUT2D eigenvalue weighted by molar-refractivity contribution is 5.88. The van der Waals surface area contributed by atoms with Gasteiger partial charge in [0.15, 0.2) is 0 Å². The van der Waals surface area contributed by atoms with Crippen LogP contribution in [0, 0.1) is 5.92 Å². The molecule has 23 heavy (non-hydrogen) atoms. The van der Waals surface area contributed by atoms with E-state index in [1.165, 1.54) is 19.3 Å². The number of hydrogen-bond donors (Lipinski definition) is 2. The van der Waals surface area contributed by atoms with Crippen LogP contribution < -0.4 is 10.6 Å². The molecular weight excluding hydrogens is 292 g/mol. The van der Waals surface area contributed by atoms with E-state index in [4.69, 9.17) is 0 Å². The first-order valence-corrected chi connectivity index (χ1v) is 8.18. The highest BCUT2D eigenvalue weighted by Crippen LogP contribution is 2.36. The minimum Gasteiger partial charge on any atom is -0.337 e. The number of urea groups is 1. The zero-order valence-electron chi connectivity index (χ0n) is 13.7. The Morgan fingerprint density at radius 2 is 2.30 bits per heavy atom. The van der Waals surface area contributed by atoms with Crippen LogP contribution in [0.1, 0.15) is 37.8 Å². The van der Waals surface area contributed by atoms with E-state index < -0.39 is 0 Å². The van der Waals surface area contributed by atoms with Crippen molar-refractivity contribution in [1.82, 2.24) is 24.9 Å². The van der Waals surface area contributed by atoms with E-state index in [2.05, 4.69) is 27.8 Å². The molecule has 124 valence electrons. The van der Waals surface area contributed by atoms with Crippen LogP contribution in [0.3, 0.4) is 0 Å². The Morgan fingerprint density at radius 1 is 1.48 bits per heavy atom. The predicted octanol–water partition coefficient (Wildman–Crippen LogP) is 2.34. The Hall–Kier alpha value is -2.31. The minimum atomic E-state index is -0.194. The molecule has 0 aliphatic heterocycles. The highest BCUT2D eigenvalue weighted by Gasteiger charge is 2.23. The summed E-state index contributed by atoms with van der Waals surface area (Å²) in [5, 5.41) is 14.4. The van der Waals surface area contributed by atoms with Gasteiger partial charge in [0.25, 0.3) is 0 Å². The molecule has 0 radical (unpaired) electrons. The van der Waals surface area contributed by atoms with Gasteiger partial charge in [-0.15, -0.1) is 0 Å². The van der Waals surface area contributed by atoms with Gasteiger partial charge in [-0.3, -0.25) is 14.7 Å². The van der Waals surface area contributed by atoms with Gasteiger partial charge < -0.3 is 5.32 Å². The molecule has 1 aliphatic rings. The third-order valence-corrected chi connectivity index (χ3v) is 4.33. The third kappa shape index (κ3) is 3.91. The van der Waals surface area contributed by atoms with Crippen LogP contribution in [0.25, 0.3) is 0 Å². The Balaban J connectivity index is 1.46. The number of carbonyl (C=O) groups is 1. The van der Waals surface area contributed by atoms with Crippen molar-refractivity contribution in [2.75, 3.05) is 11.9 Å². The Bertz CT molecular complexity index is 644. The van der Waals surface area contributed by atoms with Gasteiger partial charge in [0, 0.05) is 44.5 Å². The van der Waals surface area contributed by atoms with E-state index in [1.807, 2.05) is 30.1 Å². The fourth-order valence-corrected chi connectivity index (χ4v) is 2.73. The first-order chi connectivity index (χ1) is 11.1. The smallest absolute Gasteiger partial charge is 0.320 e. The summed E-state index contributed by atoms with van der Waals surface area (Å²) in [6.07, 6.45) is 7.36. The van der Waals surface area contributed by atoms with Crippen molar-refractivity contribution in [2.45, 2.75) is 38.6 Å². The maximum Gasteiger partial charge on any atom is 0.320 e. The van der Waals surface area contributed by atoms with Gasteiger partial charge in [-0.05, 0) is 24.8 Å². The van der Waals surface area contributed by atoms with Crippen LogP contribution in [0.5, 0.6) is 0 Å². The Labute approximate surface area is 136 Å². The van der Waals surface area contributed by atoms with Crippen molar-refractivity contribution < 1.29 is 4.79 Å². The van der Waals surface area contributed by atoms with Crippen molar-refractivity contribution in [3.63, 3.8) is 0 Å². The number of aryl methyl sites for hydroxylation is 1. The Morgan fingerprint density at radius 3 is 2.96 bits per heavy atom. The zero-order valence-corrected chi connectivity index (χ0v) is 13.7. The lowest BCUT2D eigenvalue weighted by atomic mass is 9.83. The van der Waals surface area contributed by atoms with Gasteiger partial charge in [0.2, 0.25) is 0 Å². The number of anilines is 1. The zero-order chi connectivity index (χ0) is 16.2. The molecule has 1 saturated carbocycles. The lowest BCUT2D eigenvalue weighted by Gasteiger charge is -2.22. The first-order valence-electron chi connectivity index (χ1n) is 8.18. The first kappa shape index (κ1) is 15.6. The summed E-state index contributed by atoms with van der Waals surface area (Å²) >= 11 is 0. The fraction of sp³-hybridized carbons (Fsp3) is 0.562.